The Morgan fingerprint density at radius 1 is 0.455 bits per heavy atom. The van der Waals surface area contributed by atoms with Gasteiger partial charge in [-0.05, 0) is 59.7 Å². The SMILES string of the molecule is CCCCCCCCCCCCCCCOC(C)c1ccc(-c2ccccc2-c2ccc(OCCCCCCC)cc2)cc1. The second-order valence-corrected chi connectivity index (χ2v) is 12.7. The van der Waals surface area contributed by atoms with Crippen LogP contribution in [0.2, 0.25) is 0 Å². The lowest BCUT2D eigenvalue weighted by molar-refractivity contribution is 0.0627. The average Bonchev–Trinajstić information content (AvgIpc) is 3.07. The van der Waals surface area contributed by atoms with Crippen LogP contribution in [-0.2, 0) is 4.74 Å². The summed E-state index contributed by atoms with van der Waals surface area (Å²) in [5, 5.41) is 0. The van der Waals surface area contributed by atoms with Gasteiger partial charge in [-0.2, -0.15) is 0 Å². The minimum Gasteiger partial charge on any atom is -0.494 e. The van der Waals surface area contributed by atoms with Gasteiger partial charge in [0.25, 0.3) is 0 Å². The van der Waals surface area contributed by atoms with Gasteiger partial charge in [0.2, 0.25) is 0 Å². The smallest absolute Gasteiger partial charge is 0.119 e. The molecule has 0 spiro atoms. The molecule has 44 heavy (non-hydrogen) atoms. The summed E-state index contributed by atoms with van der Waals surface area (Å²) in [7, 11) is 0. The third-order valence-corrected chi connectivity index (χ3v) is 8.92. The summed E-state index contributed by atoms with van der Waals surface area (Å²) in [6, 6.07) is 26.2. The van der Waals surface area contributed by atoms with Crippen molar-refractivity contribution >= 4 is 0 Å². The van der Waals surface area contributed by atoms with Gasteiger partial charge in [-0.25, -0.2) is 0 Å². The van der Waals surface area contributed by atoms with Crippen LogP contribution in [0.3, 0.4) is 0 Å². The summed E-state index contributed by atoms with van der Waals surface area (Å²) in [4.78, 5) is 0. The van der Waals surface area contributed by atoms with E-state index in [1.807, 2.05) is 0 Å². The lowest BCUT2D eigenvalue weighted by Crippen LogP contribution is -2.02. The molecule has 3 rings (SSSR count). The topological polar surface area (TPSA) is 18.5 Å². The molecule has 1 unspecified atom stereocenters. The van der Waals surface area contributed by atoms with Gasteiger partial charge in [0.05, 0.1) is 12.7 Å². The molecule has 2 nitrogen and oxygen atoms in total. The molecule has 0 saturated carbocycles. The number of rotatable bonds is 25. The molecule has 3 aromatic rings. The first-order valence-corrected chi connectivity index (χ1v) is 18.3. The van der Waals surface area contributed by atoms with Crippen LogP contribution in [-0.4, -0.2) is 13.2 Å². The highest BCUT2D eigenvalue weighted by Gasteiger charge is 2.10. The van der Waals surface area contributed by atoms with E-state index in [1.165, 1.54) is 131 Å². The van der Waals surface area contributed by atoms with Crippen molar-refractivity contribution in [3.63, 3.8) is 0 Å². The third-order valence-electron chi connectivity index (χ3n) is 8.92. The Balaban J connectivity index is 1.36. The van der Waals surface area contributed by atoms with Gasteiger partial charge in [-0.1, -0.05) is 177 Å². The van der Waals surface area contributed by atoms with E-state index in [9.17, 15) is 0 Å². The molecule has 0 saturated heterocycles. The second kappa shape index (κ2) is 22.9. The maximum absolute atomic E-state index is 6.22. The summed E-state index contributed by atoms with van der Waals surface area (Å²) < 4.78 is 12.2. The highest BCUT2D eigenvalue weighted by molar-refractivity contribution is 5.83. The van der Waals surface area contributed by atoms with E-state index >= 15 is 0 Å². The lowest BCUT2D eigenvalue weighted by Gasteiger charge is -2.15. The predicted molar refractivity (Wildman–Crippen MR) is 192 cm³/mol. The first-order chi connectivity index (χ1) is 21.7. The largest absolute Gasteiger partial charge is 0.494 e. The first kappa shape index (κ1) is 35.9. The van der Waals surface area contributed by atoms with E-state index in [0.29, 0.717) is 0 Å². The van der Waals surface area contributed by atoms with Crippen LogP contribution in [0, 0.1) is 0 Å². The molecule has 0 heterocycles. The zero-order valence-corrected chi connectivity index (χ0v) is 28.5. The quantitative estimate of drug-likeness (QED) is 0.0903. The van der Waals surface area contributed by atoms with Crippen molar-refractivity contribution in [1.82, 2.24) is 0 Å². The number of hydrogen-bond donors (Lipinski definition) is 0. The lowest BCUT2D eigenvalue weighted by atomic mass is 9.94. The summed E-state index contributed by atoms with van der Waals surface area (Å²) in [6.45, 7) is 8.37. The minimum atomic E-state index is 0.121. The number of unbranched alkanes of at least 4 members (excludes halogenated alkanes) is 16. The van der Waals surface area contributed by atoms with Gasteiger partial charge in [0.15, 0.2) is 0 Å². The normalized spacial score (nSPS) is 12.0. The van der Waals surface area contributed by atoms with Crippen LogP contribution in [0.5, 0.6) is 5.75 Å². The third kappa shape index (κ3) is 14.0. The van der Waals surface area contributed by atoms with Crippen LogP contribution in [0.25, 0.3) is 22.3 Å². The van der Waals surface area contributed by atoms with E-state index < -0.39 is 0 Å². The Morgan fingerprint density at radius 3 is 1.34 bits per heavy atom. The summed E-state index contributed by atoms with van der Waals surface area (Å²) in [5.41, 5.74) is 6.20. The molecule has 3 aromatic carbocycles. The van der Waals surface area contributed by atoms with Crippen molar-refractivity contribution in [3.8, 4) is 28.0 Å². The van der Waals surface area contributed by atoms with Gasteiger partial charge in [-0.3, -0.25) is 0 Å². The Kier molecular flexibility index (Phi) is 18.6. The second-order valence-electron chi connectivity index (χ2n) is 12.7. The summed E-state index contributed by atoms with van der Waals surface area (Å²) in [6.07, 6.45) is 24.3. The highest BCUT2D eigenvalue weighted by Crippen LogP contribution is 2.33. The molecule has 0 N–H and O–H groups in total. The zero-order valence-electron chi connectivity index (χ0n) is 28.5. The van der Waals surface area contributed by atoms with Crippen molar-refractivity contribution in [1.29, 1.82) is 0 Å². The molecule has 0 radical (unpaired) electrons. The fourth-order valence-electron chi connectivity index (χ4n) is 6.02. The molecule has 0 amide bonds. The van der Waals surface area contributed by atoms with Crippen LogP contribution in [0.4, 0.5) is 0 Å². The first-order valence-electron chi connectivity index (χ1n) is 18.3. The van der Waals surface area contributed by atoms with Gasteiger partial charge in [-0.15, -0.1) is 0 Å². The molecule has 0 aliphatic heterocycles. The zero-order chi connectivity index (χ0) is 31.1. The molecular formula is C42H62O2. The van der Waals surface area contributed by atoms with E-state index in [-0.39, 0.29) is 6.10 Å². The van der Waals surface area contributed by atoms with E-state index in [0.717, 1.165) is 31.8 Å². The Bertz CT molecular complexity index is 1100. The minimum absolute atomic E-state index is 0.121. The van der Waals surface area contributed by atoms with E-state index in [4.69, 9.17) is 9.47 Å². The fourth-order valence-corrected chi connectivity index (χ4v) is 6.02. The molecular weight excluding hydrogens is 536 g/mol. The number of benzene rings is 3. The standard InChI is InChI=1S/C42H62O2/c1-4-6-8-10-11-12-13-14-15-16-17-19-22-34-43-36(3)37-26-28-38(29-27-37)41-24-20-21-25-42(41)39-30-32-40(33-31-39)44-35-23-18-9-7-5-2/h20-21,24-33,36H,4-19,22-23,34-35H2,1-3H3. The molecule has 2 heteroatoms. The average molecular weight is 599 g/mol. The van der Waals surface area contributed by atoms with Crippen LogP contribution < -0.4 is 4.74 Å². The molecule has 1 atom stereocenters. The van der Waals surface area contributed by atoms with Crippen molar-refractivity contribution in [2.75, 3.05) is 13.2 Å². The van der Waals surface area contributed by atoms with Gasteiger partial charge in [0.1, 0.15) is 5.75 Å². The van der Waals surface area contributed by atoms with Gasteiger partial charge >= 0.3 is 0 Å². The van der Waals surface area contributed by atoms with Crippen LogP contribution in [0.15, 0.2) is 72.8 Å². The van der Waals surface area contributed by atoms with Crippen molar-refractivity contribution < 1.29 is 9.47 Å². The molecule has 0 bridgehead atoms. The maximum Gasteiger partial charge on any atom is 0.119 e. The number of ether oxygens (including phenoxy) is 2. The van der Waals surface area contributed by atoms with Gasteiger partial charge < -0.3 is 9.47 Å². The summed E-state index contributed by atoms with van der Waals surface area (Å²) >= 11 is 0. The molecule has 0 fully saturated rings. The van der Waals surface area contributed by atoms with E-state index in [1.54, 1.807) is 0 Å². The highest BCUT2D eigenvalue weighted by atomic mass is 16.5. The summed E-state index contributed by atoms with van der Waals surface area (Å²) in [5.74, 6) is 0.957. The molecule has 242 valence electrons. The Hall–Kier alpha value is -2.58. The Morgan fingerprint density at radius 2 is 0.864 bits per heavy atom. The maximum atomic E-state index is 6.22. The van der Waals surface area contributed by atoms with E-state index in [2.05, 4.69) is 93.6 Å². The van der Waals surface area contributed by atoms with Crippen LogP contribution in [0.1, 0.15) is 148 Å². The van der Waals surface area contributed by atoms with Gasteiger partial charge in [0, 0.05) is 6.61 Å². The van der Waals surface area contributed by atoms with Crippen molar-refractivity contribution in [3.05, 3.63) is 78.4 Å². The Labute approximate surface area is 271 Å². The fraction of sp³-hybridized carbons (Fsp3) is 0.571. The van der Waals surface area contributed by atoms with Crippen molar-refractivity contribution in [2.24, 2.45) is 0 Å². The number of hydrogen-bond acceptors (Lipinski definition) is 2. The van der Waals surface area contributed by atoms with Crippen LogP contribution >= 0.6 is 0 Å². The molecule has 0 aliphatic rings. The predicted octanol–water partition coefficient (Wildman–Crippen LogP) is 13.5. The molecule has 0 aliphatic carbocycles. The molecule has 0 aromatic heterocycles. The van der Waals surface area contributed by atoms with Crippen molar-refractivity contribution in [2.45, 2.75) is 142 Å². The monoisotopic (exact) mass is 598 g/mol.